The number of nitrogens with two attached hydrogens (primary N) is 1. The fourth-order valence-corrected chi connectivity index (χ4v) is 4.04. The summed E-state index contributed by atoms with van der Waals surface area (Å²) in [5.41, 5.74) is 7.92. The van der Waals surface area contributed by atoms with Gasteiger partial charge in [-0.1, -0.05) is 13.0 Å². The van der Waals surface area contributed by atoms with Crippen molar-refractivity contribution in [3.63, 3.8) is 0 Å². The lowest BCUT2D eigenvalue weighted by molar-refractivity contribution is -0.0291. The third-order valence-corrected chi connectivity index (χ3v) is 5.26. The van der Waals surface area contributed by atoms with E-state index in [0.717, 1.165) is 27.9 Å². The van der Waals surface area contributed by atoms with Crippen LogP contribution in [0.4, 0.5) is 5.82 Å². The van der Waals surface area contributed by atoms with Crippen LogP contribution in [0.1, 0.15) is 19.6 Å². The van der Waals surface area contributed by atoms with Crippen LogP contribution >= 0.6 is 11.3 Å². The van der Waals surface area contributed by atoms with E-state index in [9.17, 15) is 5.11 Å². The van der Waals surface area contributed by atoms with Gasteiger partial charge in [-0.05, 0) is 17.9 Å². The molecule has 4 rings (SSSR count). The van der Waals surface area contributed by atoms with Crippen molar-refractivity contribution < 1.29 is 9.84 Å². The minimum Gasteiger partial charge on any atom is -0.394 e. The molecule has 0 radical (unpaired) electrons. The molecule has 0 saturated carbocycles. The van der Waals surface area contributed by atoms with Crippen LogP contribution in [0.15, 0.2) is 30.0 Å². The highest BCUT2D eigenvalue weighted by Crippen LogP contribution is 2.41. The Morgan fingerprint density at radius 3 is 3.04 bits per heavy atom. The lowest BCUT2D eigenvalue weighted by atomic mass is 10.1. The van der Waals surface area contributed by atoms with E-state index >= 15 is 0 Å². The lowest BCUT2D eigenvalue weighted by Gasteiger charge is -2.18. The number of ether oxygens (including phenoxy) is 1. The van der Waals surface area contributed by atoms with Gasteiger partial charge < -0.3 is 20.1 Å². The van der Waals surface area contributed by atoms with Crippen LogP contribution in [-0.2, 0) is 4.74 Å². The molecule has 3 aromatic rings. The number of hydrogen-bond acceptors (Lipinski definition) is 6. The summed E-state index contributed by atoms with van der Waals surface area (Å²) in [6, 6.07) is 4.07. The number of anilines is 1. The van der Waals surface area contributed by atoms with Crippen LogP contribution in [0.2, 0.25) is 0 Å². The van der Waals surface area contributed by atoms with Crippen molar-refractivity contribution in [3.05, 3.63) is 30.0 Å². The third-order valence-electron chi connectivity index (χ3n) is 4.36. The van der Waals surface area contributed by atoms with E-state index in [1.54, 1.807) is 11.3 Å². The highest BCUT2D eigenvalue weighted by atomic mass is 32.1. The zero-order valence-corrected chi connectivity index (χ0v) is 13.5. The second-order valence-corrected chi connectivity index (χ2v) is 6.88. The summed E-state index contributed by atoms with van der Waals surface area (Å²) >= 11 is 1.66. The predicted octanol–water partition coefficient (Wildman–Crippen LogP) is 2.66. The molecule has 0 aliphatic carbocycles. The second kappa shape index (κ2) is 5.59. The SMILES string of the molecule is CC1CC(CO)OC1n1cc(-c2cccs2)c2c(N)ncnc21. The standard InChI is InChI=1S/C16H18N4O2S/c1-9-5-10(7-21)22-16(9)20-6-11(12-3-2-4-23-12)13-14(17)18-8-19-15(13)20/h2-4,6,8-10,16,21H,5,7H2,1H3,(H2,17,18,19). The molecule has 7 heteroatoms. The summed E-state index contributed by atoms with van der Waals surface area (Å²) in [4.78, 5) is 9.71. The molecule has 3 N–H and O–H groups in total. The summed E-state index contributed by atoms with van der Waals surface area (Å²) in [5.74, 6) is 0.761. The van der Waals surface area contributed by atoms with Crippen molar-refractivity contribution in [1.29, 1.82) is 0 Å². The molecule has 1 aliphatic heterocycles. The topological polar surface area (TPSA) is 86.2 Å². The van der Waals surface area contributed by atoms with Crippen LogP contribution in [0.3, 0.4) is 0 Å². The average Bonchev–Trinajstić information content (AvgIpc) is 3.25. The van der Waals surface area contributed by atoms with E-state index in [4.69, 9.17) is 10.5 Å². The predicted molar refractivity (Wildman–Crippen MR) is 90.0 cm³/mol. The highest BCUT2D eigenvalue weighted by molar-refractivity contribution is 7.13. The number of aliphatic hydroxyl groups is 1. The first-order valence-corrected chi connectivity index (χ1v) is 8.48. The Labute approximate surface area is 137 Å². The van der Waals surface area contributed by atoms with Crippen LogP contribution < -0.4 is 5.73 Å². The lowest BCUT2D eigenvalue weighted by Crippen LogP contribution is -2.15. The maximum atomic E-state index is 9.38. The number of aromatic nitrogens is 3. The quantitative estimate of drug-likeness (QED) is 0.771. The first-order valence-electron chi connectivity index (χ1n) is 7.60. The molecular formula is C16H18N4O2S. The molecule has 3 aromatic heterocycles. The molecular weight excluding hydrogens is 312 g/mol. The molecule has 0 aromatic carbocycles. The van der Waals surface area contributed by atoms with E-state index in [-0.39, 0.29) is 24.9 Å². The van der Waals surface area contributed by atoms with Crippen LogP contribution in [0.5, 0.6) is 0 Å². The fourth-order valence-electron chi connectivity index (χ4n) is 3.30. The van der Waals surface area contributed by atoms with Crippen molar-refractivity contribution >= 4 is 28.2 Å². The molecule has 0 bridgehead atoms. The summed E-state index contributed by atoms with van der Waals surface area (Å²) in [6.45, 7) is 2.16. The number of aliphatic hydroxyl groups excluding tert-OH is 1. The molecule has 23 heavy (non-hydrogen) atoms. The van der Waals surface area contributed by atoms with Gasteiger partial charge in [-0.25, -0.2) is 9.97 Å². The van der Waals surface area contributed by atoms with E-state index in [2.05, 4.69) is 23.0 Å². The van der Waals surface area contributed by atoms with Gasteiger partial charge in [0.2, 0.25) is 0 Å². The van der Waals surface area contributed by atoms with Gasteiger partial charge in [0.1, 0.15) is 24.0 Å². The number of rotatable bonds is 3. The molecule has 1 aliphatic rings. The average molecular weight is 330 g/mol. The minimum absolute atomic E-state index is 0.0367. The first kappa shape index (κ1) is 14.6. The second-order valence-electron chi connectivity index (χ2n) is 5.93. The largest absolute Gasteiger partial charge is 0.394 e. The van der Waals surface area contributed by atoms with E-state index in [1.807, 2.05) is 22.2 Å². The van der Waals surface area contributed by atoms with Gasteiger partial charge in [0.05, 0.1) is 18.1 Å². The van der Waals surface area contributed by atoms with Crippen LogP contribution in [0, 0.1) is 5.92 Å². The van der Waals surface area contributed by atoms with Gasteiger partial charge in [-0.3, -0.25) is 0 Å². The number of thiophene rings is 1. The molecule has 3 unspecified atom stereocenters. The molecule has 3 atom stereocenters. The summed E-state index contributed by atoms with van der Waals surface area (Å²) in [5, 5.41) is 12.3. The zero-order chi connectivity index (χ0) is 16.0. The molecule has 120 valence electrons. The van der Waals surface area contributed by atoms with Gasteiger partial charge in [0.15, 0.2) is 0 Å². The first-order chi connectivity index (χ1) is 11.2. The monoisotopic (exact) mass is 330 g/mol. The number of nitrogen functional groups attached to an aromatic ring is 1. The molecule has 6 nitrogen and oxygen atoms in total. The van der Waals surface area contributed by atoms with Gasteiger partial charge in [0.25, 0.3) is 0 Å². The summed E-state index contributed by atoms with van der Waals surface area (Å²) in [6.07, 6.45) is 4.07. The van der Waals surface area contributed by atoms with Gasteiger partial charge in [0, 0.05) is 22.6 Å². The molecule has 1 fully saturated rings. The highest BCUT2D eigenvalue weighted by Gasteiger charge is 2.34. The Morgan fingerprint density at radius 2 is 2.35 bits per heavy atom. The van der Waals surface area contributed by atoms with Gasteiger partial charge >= 0.3 is 0 Å². The Bertz CT molecular complexity index is 830. The van der Waals surface area contributed by atoms with E-state index < -0.39 is 0 Å². The van der Waals surface area contributed by atoms with Crippen molar-refractivity contribution in [2.75, 3.05) is 12.3 Å². The van der Waals surface area contributed by atoms with Crippen molar-refractivity contribution in [3.8, 4) is 10.4 Å². The van der Waals surface area contributed by atoms with E-state index in [0.29, 0.717) is 5.82 Å². The van der Waals surface area contributed by atoms with E-state index in [1.165, 1.54) is 6.33 Å². The Morgan fingerprint density at radius 1 is 1.48 bits per heavy atom. The minimum atomic E-state index is -0.155. The number of hydrogen-bond donors (Lipinski definition) is 2. The van der Waals surface area contributed by atoms with Gasteiger partial charge in [-0.2, -0.15) is 0 Å². The smallest absolute Gasteiger partial charge is 0.148 e. The van der Waals surface area contributed by atoms with Crippen LogP contribution in [0.25, 0.3) is 21.5 Å². The Hall–Kier alpha value is -1.96. The maximum absolute atomic E-state index is 9.38. The molecule has 1 saturated heterocycles. The fraction of sp³-hybridized carbons (Fsp3) is 0.375. The summed E-state index contributed by atoms with van der Waals surface area (Å²) < 4.78 is 8.03. The number of nitrogens with zero attached hydrogens (tertiary/aromatic N) is 3. The van der Waals surface area contributed by atoms with Crippen LogP contribution in [-0.4, -0.2) is 32.4 Å². The Kier molecular flexibility index (Phi) is 3.56. The Balaban J connectivity index is 1.90. The normalized spacial score (nSPS) is 24.5. The van der Waals surface area contributed by atoms with Crippen molar-refractivity contribution in [2.24, 2.45) is 5.92 Å². The van der Waals surface area contributed by atoms with Gasteiger partial charge in [-0.15, -0.1) is 11.3 Å². The summed E-state index contributed by atoms with van der Waals surface area (Å²) in [7, 11) is 0. The van der Waals surface area contributed by atoms with Crippen molar-refractivity contribution in [2.45, 2.75) is 25.7 Å². The van der Waals surface area contributed by atoms with Crippen molar-refractivity contribution in [1.82, 2.24) is 14.5 Å². The molecule has 4 heterocycles. The zero-order valence-electron chi connectivity index (χ0n) is 12.7. The molecule has 0 spiro atoms. The maximum Gasteiger partial charge on any atom is 0.148 e. The number of fused-ring (bicyclic) bond motifs is 1. The third kappa shape index (κ3) is 2.32. The molecule has 0 amide bonds.